The molecule has 0 radical (unpaired) electrons. The minimum absolute atomic E-state index is 0.0549. The van der Waals surface area contributed by atoms with Crippen molar-refractivity contribution in [1.29, 1.82) is 0 Å². The highest BCUT2D eigenvalue weighted by atomic mass is 19.2. The van der Waals surface area contributed by atoms with Crippen molar-refractivity contribution in [1.82, 2.24) is 0 Å². The quantitative estimate of drug-likeness (QED) is 0.615. The zero-order valence-corrected chi connectivity index (χ0v) is 16.3. The molecule has 0 aromatic heterocycles. The highest BCUT2D eigenvalue weighted by Crippen LogP contribution is 2.45. The predicted octanol–water partition coefficient (Wildman–Crippen LogP) is 6.72. The van der Waals surface area contributed by atoms with Crippen molar-refractivity contribution in [3.63, 3.8) is 0 Å². The van der Waals surface area contributed by atoms with E-state index in [2.05, 4.69) is 6.92 Å². The first-order valence-corrected chi connectivity index (χ1v) is 10.6. The summed E-state index contributed by atoms with van der Waals surface area (Å²) in [5, 5.41) is 10.6. The van der Waals surface area contributed by atoms with Gasteiger partial charge in [0.05, 0.1) is 6.10 Å². The van der Waals surface area contributed by atoms with Gasteiger partial charge in [0.15, 0.2) is 11.6 Å². The Bertz CT molecular complexity index is 584. The zero-order valence-electron chi connectivity index (χ0n) is 16.3. The summed E-state index contributed by atoms with van der Waals surface area (Å²) >= 11 is 0. The summed E-state index contributed by atoms with van der Waals surface area (Å²) in [6.07, 6.45) is 11.4. The summed E-state index contributed by atoms with van der Waals surface area (Å²) in [7, 11) is 0. The molecule has 0 heterocycles. The molecule has 0 bridgehead atoms. The summed E-state index contributed by atoms with van der Waals surface area (Å²) in [6.45, 7) is 3.83. The van der Waals surface area contributed by atoms with E-state index in [-0.39, 0.29) is 11.5 Å². The Morgan fingerprint density at radius 3 is 2.08 bits per heavy atom. The van der Waals surface area contributed by atoms with Crippen molar-refractivity contribution in [2.45, 2.75) is 84.2 Å². The fourth-order valence-electron chi connectivity index (χ4n) is 5.43. The van der Waals surface area contributed by atoms with Gasteiger partial charge in [0.1, 0.15) is 0 Å². The summed E-state index contributed by atoms with van der Waals surface area (Å²) in [4.78, 5) is 0. The number of hydrogen-bond donors (Lipinski definition) is 1. The Balaban J connectivity index is 1.53. The molecule has 0 saturated heterocycles. The van der Waals surface area contributed by atoms with Crippen LogP contribution in [0.15, 0.2) is 12.1 Å². The Morgan fingerprint density at radius 2 is 1.50 bits per heavy atom. The van der Waals surface area contributed by atoms with Gasteiger partial charge < -0.3 is 5.11 Å². The predicted molar refractivity (Wildman–Crippen MR) is 102 cm³/mol. The Labute approximate surface area is 157 Å². The normalized spacial score (nSPS) is 31.0. The average molecular weight is 365 g/mol. The minimum Gasteiger partial charge on any atom is -0.388 e. The second-order valence-corrected chi connectivity index (χ2v) is 8.79. The van der Waals surface area contributed by atoms with Crippen LogP contribution in [0.3, 0.4) is 0 Å². The van der Waals surface area contributed by atoms with Crippen LogP contribution < -0.4 is 0 Å². The standard InChI is InChI=1S/C23H34F2O/c1-3-4-16-6-8-17(9-7-16)18-10-12-19(13-11-18)23(26)20-14-5-15(2)21(24)22(20)25/h5,14,16-19,23,26H,3-4,6-13H2,1-2H3. The van der Waals surface area contributed by atoms with Crippen molar-refractivity contribution in [2.75, 3.05) is 0 Å². The Kier molecular flexibility index (Phi) is 6.71. The number of benzene rings is 1. The maximum absolute atomic E-state index is 14.2. The van der Waals surface area contributed by atoms with Gasteiger partial charge in [-0.25, -0.2) is 8.78 Å². The van der Waals surface area contributed by atoms with Gasteiger partial charge in [0, 0.05) is 5.56 Å². The van der Waals surface area contributed by atoms with Crippen LogP contribution in [0.4, 0.5) is 8.78 Å². The van der Waals surface area contributed by atoms with Gasteiger partial charge in [0.2, 0.25) is 0 Å². The number of hydrogen-bond acceptors (Lipinski definition) is 1. The van der Waals surface area contributed by atoms with Crippen LogP contribution in [0.2, 0.25) is 0 Å². The van der Waals surface area contributed by atoms with E-state index in [1.165, 1.54) is 38.5 Å². The summed E-state index contributed by atoms with van der Waals surface area (Å²) in [6, 6.07) is 3.12. The molecule has 2 aliphatic rings. The van der Waals surface area contributed by atoms with Crippen LogP contribution >= 0.6 is 0 Å². The van der Waals surface area contributed by atoms with Gasteiger partial charge in [-0.3, -0.25) is 0 Å². The third-order valence-corrected chi connectivity index (χ3v) is 7.14. The summed E-state index contributed by atoms with van der Waals surface area (Å²) in [5.41, 5.74) is 0.428. The fraction of sp³-hybridized carbons (Fsp3) is 0.739. The van der Waals surface area contributed by atoms with Crippen molar-refractivity contribution < 1.29 is 13.9 Å². The third-order valence-electron chi connectivity index (χ3n) is 7.14. The number of aliphatic hydroxyl groups excluding tert-OH is 1. The number of aliphatic hydroxyl groups is 1. The van der Waals surface area contributed by atoms with E-state index in [4.69, 9.17) is 0 Å². The third kappa shape index (κ3) is 4.30. The first kappa shape index (κ1) is 19.8. The van der Waals surface area contributed by atoms with Gasteiger partial charge in [-0.1, -0.05) is 44.7 Å². The smallest absolute Gasteiger partial charge is 0.164 e. The topological polar surface area (TPSA) is 20.2 Å². The van der Waals surface area contributed by atoms with Gasteiger partial charge in [-0.05, 0) is 74.7 Å². The van der Waals surface area contributed by atoms with E-state index in [0.29, 0.717) is 5.56 Å². The molecular weight excluding hydrogens is 330 g/mol. The lowest BCUT2D eigenvalue weighted by Gasteiger charge is -2.39. The molecule has 2 aliphatic carbocycles. The molecule has 1 unspecified atom stereocenters. The van der Waals surface area contributed by atoms with E-state index >= 15 is 0 Å². The summed E-state index contributed by atoms with van der Waals surface area (Å²) < 4.78 is 28.0. The molecule has 0 amide bonds. The van der Waals surface area contributed by atoms with Crippen LogP contribution in [-0.4, -0.2) is 5.11 Å². The lowest BCUT2D eigenvalue weighted by molar-refractivity contribution is 0.0536. The molecule has 146 valence electrons. The molecule has 26 heavy (non-hydrogen) atoms. The van der Waals surface area contributed by atoms with Crippen LogP contribution in [0.25, 0.3) is 0 Å². The fourth-order valence-corrected chi connectivity index (χ4v) is 5.43. The molecule has 0 spiro atoms. The number of rotatable bonds is 5. The molecule has 2 fully saturated rings. The number of halogens is 2. The van der Waals surface area contributed by atoms with Crippen molar-refractivity contribution in [3.05, 3.63) is 34.9 Å². The molecule has 1 aromatic carbocycles. The molecule has 0 aliphatic heterocycles. The second-order valence-electron chi connectivity index (χ2n) is 8.79. The van der Waals surface area contributed by atoms with E-state index in [9.17, 15) is 13.9 Å². The Morgan fingerprint density at radius 1 is 0.923 bits per heavy atom. The molecule has 1 aromatic rings. The van der Waals surface area contributed by atoms with Crippen LogP contribution in [0, 0.1) is 42.2 Å². The minimum atomic E-state index is -0.883. The maximum Gasteiger partial charge on any atom is 0.164 e. The first-order valence-electron chi connectivity index (χ1n) is 10.6. The lowest BCUT2D eigenvalue weighted by Crippen LogP contribution is -2.28. The van der Waals surface area contributed by atoms with Gasteiger partial charge >= 0.3 is 0 Å². The Hall–Kier alpha value is -0.960. The molecule has 1 nitrogen and oxygen atoms in total. The van der Waals surface area contributed by atoms with Crippen LogP contribution in [0.5, 0.6) is 0 Å². The molecule has 2 saturated carbocycles. The highest BCUT2D eigenvalue weighted by molar-refractivity contribution is 5.27. The monoisotopic (exact) mass is 364 g/mol. The highest BCUT2D eigenvalue weighted by Gasteiger charge is 2.34. The molecule has 3 heteroatoms. The molecular formula is C23H34F2O. The van der Waals surface area contributed by atoms with Gasteiger partial charge in [0.25, 0.3) is 0 Å². The van der Waals surface area contributed by atoms with Crippen molar-refractivity contribution >= 4 is 0 Å². The molecule has 1 N–H and O–H groups in total. The van der Waals surface area contributed by atoms with E-state index in [0.717, 1.165) is 43.4 Å². The largest absolute Gasteiger partial charge is 0.388 e. The van der Waals surface area contributed by atoms with E-state index in [1.54, 1.807) is 19.1 Å². The second kappa shape index (κ2) is 8.82. The molecule has 1 atom stereocenters. The zero-order chi connectivity index (χ0) is 18.7. The van der Waals surface area contributed by atoms with E-state index in [1.807, 2.05) is 0 Å². The summed E-state index contributed by atoms with van der Waals surface area (Å²) in [5.74, 6) is 0.913. The van der Waals surface area contributed by atoms with Crippen molar-refractivity contribution in [2.24, 2.45) is 23.7 Å². The van der Waals surface area contributed by atoms with Crippen LogP contribution in [-0.2, 0) is 0 Å². The average Bonchev–Trinajstić information content (AvgIpc) is 2.67. The van der Waals surface area contributed by atoms with Crippen molar-refractivity contribution in [3.8, 4) is 0 Å². The maximum atomic E-state index is 14.2. The number of aryl methyl sites for hydroxylation is 1. The van der Waals surface area contributed by atoms with E-state index < -0.39 is 17.7 Å². The SMILES string of the molecule is CCCC1CCC(C2CCC(C(O)c3ccc(C)c(F)c3F)CC2)CC1. The first-order chi connectivity index (χ1) is 12.5. The lowest BCUT2D eigenvalue weighted by atomic mass is 9.67. The molecule has 3 rings (SSSR count). The van der Waals surface area contributed by atoms with Crippen LogP contribution in [0.1, 0.15) is 88.4 Å². The van der Waals surface area contributed by atoms with Gasteiger partial charge in [-0.2, -0.15) is 0 Å². The van der Waals surface area contributed by atoms with Gasteiger partial charge in [-0.15, -0.1) is 0 Å².